The van der Waals surface area contributed by atoms with E-state index in [1.165, 1.54) is 5.69 Å². The Morgan fingerprint density at radius 1 is 0.778 bits per heavy atom. The van der Waals surface area contributed by atoms with Crippen molar-refractivity contribution in [1.29, 1.82) is 0 Å². The first-order chi connectivity index (χ1) is 26.4. The summed E-state index contributed by atoms with van der Waals surface area (Å²) in [4.78, 5) is 47.9. The Hall–Kier alpha value is -5.29. The number of benzene rings is 3. The van der Waals surface area contributed by atoms with Gasteiger partial charge in [0, 0.05) is 76.6 Å². The Labute approximate surface area is 317 Å². The molecule has 0 bridgehead atoms. The number of anilines is 2. The molecule has 0 radical (unpaired) electrons. The van der Waals surface area contributed by atoms with Gasteiger partial charge in [0.05, 0.1) is 28.9 Å². The number of imide groups is 1. The minimum atomic E-state index is -0.576. The van der Waals surface area contributed by atoms with Crippen molar-refractivity contribution in [3.63, 3.8) is 0 Å². The molecule has 1 aromatic heterocycles. The normalized spacial score (nSPS) is 21.2. The standard InChI is InChI=1S/C43H49N7O4/c51-39-9-5-4-8-37(39)38-28-35(29-44-46-38)49-22-18-43(19-23-49,33-6-2-1-3-7-33)42(54)50-26-24-47(25-27-50)30-31-16-20-48(21-17-31)34-12-10-32(11-13-34)36-14-15-40(52)45-41(36)53/h1-13,28-29,31,36,51H,14-27,30H2,(H,45,52,53)/t36-/m0/s1. The molecule has 1 atom stereocenters. The summed E-state index contributed by atoms with van der Waals surface area (Å²) < 4.78 is 0. The summed E-state index contributed by atoms with van der Waals surface area (Å²) in [5.41, 5.74) is 4.90. The van der Waals surface area contributed by atoms with Crippen molar-refractivity contribution in [2.75, 3.05) is 68.7 Å². The number of nitrogens with one attached hydrogen (secondary N) is 1. The highest BCUT2D eigenvalue weighted by Crippen LogP contribution is 2.40. The maximum Gasteiger partial charge on any atom is 0.234 e. The van der Waals surface area contributed by atoms with Crippen molar-refractivity contribution in [2.24, 2.45) is 5.92 Å². The van der Waals surface area contributed by atoms with Crippen LogP contribution in [0, 0.1) is 5.92 Å². The average Bonchev–Trinajstić information content (AvgIpc) is 3.22. The van der Waals surface area contributed by atoms with E-state index in [0.717, 1.165) is 88.6 Å². The lowest BCUT2D eigenvalue weighted by atomic mass is 9.71. The number of rotatable bonds is 8. The quantitative estimate of drug-likeness (QED) is 0.243. The van der Waals surface area contributed by atoms with Gasteiger partial charge in [-0.3, -0.25) is 24.6 Å². The topological polar surface area (TPSA) is 122 Å². The molecular formula is C43H49N7O4. The van der Waals surface area contributed by atoms with Crippen LogP contribution in [0.1, 0.15) is 55.6 Å². The van der Waals surface area contributed by atoms with Crippen LogP contribution in [-0.4, -0.2) is 102 Å². The van der Waals surface area contributed by atoms with Crippen molar-refractivity contribution in [2.45, 2.75) is 49.9 Å². The molecule has 0 aliphatic carbocycles. The molecule has 54 heavy (non-hydrogen) atoms. The molecule has 4 aliphatic rings. The Balaban J connectivity index is 0.848. The van der Waals surface area contributed by atoms with E-state index >= 15 is 0 Å². The minimum absolute atomic E-state index is 0.175. The second kappa shape index (κ2) is 15.6. The van der Waals surface area contributed by atoms with E-state index in [-0.39, 0.29) is 29.4 Å². The summed E-state index contributed by atoms with van der Waals surface area (Å²) in [6, 6.07) is 27.8. The Bertz CT molecular complexity index is 1950. The Morgan fingerprint density at radius 2 is 1.46 bits per heavy atom. The van der Waals surface area contributed by atoms with Crippen LogP contribution < -0.4 is 15.1 Å². The highest BCUT2D eigenvalue weighted by molar-refractivity contribution is 6.01. The molecule has 11 heteroatoms. The van der Waals surface area contributed by atoms with Crippen molar-refractivity contribution >= 4 is 29.1 Å². The number of hydrogen-bond acceptors (Lipinski definition) is 9. The van der Waals surface area contributed by atoms with Crippen molar-refractivity contribution < 1.29 is 19.5 Å². The number of piperidine rings is 3. The molecule has 5 heterocycles. The molecule has 0 saturated carbocycles. The summed E-state index contributed by atoms with van der Waals surface area (Å²) in [6.07, 6.45) is 6.41. The Morgan fingerprint density at radius 3 is 2.17 bits per heavy atom. The van der Waals surface area contributed by atoms with Crippen molar-refractivity contribution in [1.82, 2.24) is 25.3 Å². The monoisotopic (exact) mass is 727 g/mol. The van der Waals surface area contributed by atoms with Crippen LogP contribution in [-0.2, 0) is 19.8 Å². The maximum atomic E-state index is 14.6. The van der Waals surface area contributed by atoms with Gasteiger partial charge in [0.15, 0.2) is 0 Å². The van der Waals surface area contributed by atoms with Gasteiger partial charge in [-0.25, -0.2) is 0 Å². The van der Waals surface area contributed by atoms with E-state index in [9.17, 15) is 19.5 Å². The van der Waals surface area contributed by atoms with E-state index in [0.29, 0.717) is 42.9 Å². The summed E-state index contributed by atoms with van der Waals surface area (Å²) in [5.74, 6) is 0.416. The molecule has 4 aromatic rings. The SMILES string of the molecule is O=C1CC[C@@H](c2ccc(N3CCC(CN4CCN(C(=O)C5(c6ccccc6)CCN(c6cnnc(-c7ccccc7O)c6)CC5)CC4)CC3)cc2)C(=O)N1. The molecule has 280 valence electrons. The second-order valence-electron chi connectivity index (χ2n) is 15.4. The van der Waals surface area contributed by atoms with E-state index < -0.39 is 5.41 Å². The van der Waals surface area contributed by atoms with Gasteiger partial charge >= 0.3 is 0 Å². The zero-order chi connectivity index (χ0) is 37.1. The van der Waals surface area contributed by atoms with Gasteiger partial charge < -0.3 is 19.8 Å². The summed E-state index contributed by atoms with van der Waals surface area (Å²) in [5, 5.41) is 21.4. The zero-order valence-electron chi connectivity index (χ0n) is 30.8. The van der Waals surface area contributed by atoms with Crippen LogP contribution >= 0.6 is 0 Å². The van der Waals surface area contributed by atoms with Gasteiger partial charge in [0.1, 0.15) is 5.75 Å². The van der Waals surface area contributed by atoms with Crippen LogP contribution in [0.15, 0.2) is 91.1 Å². The largest absolute Gasteiger partial charge is 0.507 e. The lowest BCUT2D eigenvalue weighted by molar-refractivity contribution is -0.140. The summed E-state index contributed by atoms with van der Waals surface area (Å²) >= 11 is 0. The molecule has 0 unspecified atom stereocenters. The zero-order valence-corrected chi connectivity index (χ0v) is 30.8. The highest BCUT2D eigenvalue weighted by Gasteiger charge is 2.45. The van der Waals surface area contributed by atoms with E-state index in [4.69, 9.17) is 0 Å². The molecule has 4 saturated heterocycles. The number of carbonyl (C=O) groups excluding carboxylic acids is 3. The van der Waals surface area contributed by atoms with Gasteiger partial charge in [0.2, 0.25) is 17.7 Å². The molecular weight excluding hydrogens is 679 g/mol. The lowest BCUT2D eigenvalue weighted by Gasteiger charge is -2.46. The third-order valence-electron chi connectivity index (χ3n) is 12.2. The van der Waals surface area contributed by atoms with Crippen LogP contribution in [0.3, 0.4) is 0 Å². The number of phenolic OH excluding ortho intramolecular Hbond substituents is 1. The maximum absolute atomic E-state index is 14.6. The predicted molar refractivity (Wildman–Crippen MR) is 208 cm³/mol. The number of para-hydroxylation sites is 1. The van der Waals surface area contributed by atoms with Gasteiger partial charge in [-0.15, -0.1) is 0 Å². The first-order valence-corrected chi connectivity index (χ1v) is 19.5. The average molecular weight is 728 g/mol. The highest BCUT2D eigenvalue weighted by atomic mass is 16.3. The molecule has 3 amide bonds. The molecule has 8 rings (SSSR count). The van der Waals surface area contributed by atoms with Crippen molar-refractivity contribution in [3.8, 4) is 17.0 Å². The van der Waals surface area contributed by atoms with Crippen LogP contribution in [0.25, 0.3) is 11.3 Å². The number of carbonyl (C=O) groups is 3. The number of aromatic hydroxyl groups is 1. The van der Waals surface area contributed by atoms with Crippen LogP contribution in [0.4, 0.5) is 11.4 Å². The molecule has 4 aliphatic heterocycles. The smallest absolute Gasteiger partial charge is 0.234 e. The van der Waals surface area contributed by atoms with Gasteiger partial charge in [-0.05, 0) is 79.5 Å². The number of phenols is 1. The minimum Gasteiger partial charge on any atom is -0.507 e. The van der Waals surface area contributed by atoms with Gasteiger partial charge in [0.25, 0.3) is 0 Å². The first kappa shape index (κ1) is 35.7. The lowest BCUT2D eigenvalue weighted by Crippen LogP contribution is -2.58. The number of nitrogens with zero attached hydrogens (tertiary/aromatic N) is 6. The summed E-state index contributed by atoms with van der Waals surface area (Å²) in [6.45, 7) is 7.77. The number of hydrogen-bond donors (Lipinski definition) is 2. The fraction of sp³-hybridized carbons (Fsp3) is 0.419. The first-order valence-electron chi connectivity index (χ1n) is 19.5. The fourth-order valence-electron chi connectivity index (χ4n) is 8.99. The van der Waals surface area contributed by atoms with Crippen LogP contribution in [0.2, 0.25) is 0 Å². The second-order valence-corrected chi connectivity index (χ2v) is 15.4. The van der Waals surface area contributed by atoms with Gasteiger partial charge in [-0.1, -0.05) is 54.6 Å². The van der Waals surface area contributed by atoms with E-state index in [1.54, 1.807) is 18.3 Å². The summed E-state index contributed by atoms with van der Waals surface area (Å²) in [7, 11) is 0. The van der Waals surface area contributed by atoms with E-state index in [1.807, 2.05) is 48.5 Å². The van der Waals surface area contributed by atoms with Gasteiger partial charge in [-0.2, -0.15) is 10.2 Å². The third-order valence-corrected chi connectivity index (χ3v) is 12.2. The molecule has 2 N–H and O–H groups in total. The fourth-order valence-corrected chi connectivity index (χ4v) is 8.99. The van der Waals surface area contributed by atoms with E-state index in [2.05, 4.69) is 59.4 Å². The molecule has 0 spiro atoms. The number of aromatic nitrogens is 2. The van der Waals surface area contributed by atoms with Crippen molar-refractivity contribution in [3.05, 3.63) is 102 Å². The Kier molecular flexibility index (Phi) is 10.3. The van der Waals surface area contributed by atoms with Crippen LogP contribution in [0.5, 0.6) is 5.75 Å². The number of amides is 3. The molecule has 11 nitrogen and oxygen atoms in total. The predicted octanol–water partition coefficient (Wildman–Crippen LogP) is 4.97. The molecule has 3 aromatic carbocycles. The number of piperazine rings is 1. The molecule has 4 fully saturated rings. The third kappa shape index (κ3) is 7.42.